The molecule has 0 nitrogen and oxygen atoms in total. The van der Waals surface area contributed by atoms with Crippen LogP contribution in [0.1, 0.15) is 31.7 Å². The summed E-state index contributed by atoms with van der Waals surface area (Å²) in [5.41, 5.74) is 1.50. The van der Waals surface area contributed by atoms with E-state index in [0.717, 1.165) is 0 Å². The van der Waals surface area contributed by atoms with Gasteiger partial charge in [-0.1, -0.05) is 62.2 Å². The Morgan fingerprint density at radius 1 is 0.875 bits per heavy atom. The van der Waals surface area contributed by atoms with Gasteiger partial charge in [0.25, 0.3) is 0 Å². The van der Waals surface area contributed by atoms with Gasteiger partial charge in [-0.15, -0.1) is 0 Å². The van der Waals surface area contributed by atoms with Gasteiger partial charge in [-0.2, -0.15) is 13.5 Å². The van der Waals surface area contributed by atoms with Gasteiger partial charge < -0.3 is 0 Å². The first kappa shape index (κ1) is 13.1. The predicted molar refractivity (Wildman–Crippen MR) is 77.6 cm³/mol. The van der Waals surface area contributed by atoms with Gasteiger partial charge in [-0.3, -0.25) is 0 Å². The van der Waals surface area contributed by atoms with E-state index in [1.165, 1.54) is 42.0 Å². The summed E-state index contributed by atoms with van der Waals surface area (Å²) in [7, 11) is 0. The Bertz CT molecular complexity index is 429. The van der Waals surface area contributed by atoms with Crippen LogP contribution in [0.4, 0.5) is 0 Å². The third kappa shape index (κ3) is 3.02. The molecule has 0 aromatic heterocycles. The molecule has 0 bridgehead atoms. The largest absolute Gasteiger partial charge is 0.197 e. The van der Waals surface area contributed by atoms with Crippen LogP contribution in [0, 0.1) is 0 Å². The summed E-state index contributed by atoms with van der Waals surface area (Å²) in [5, 5.41) is 2.79. The fourth-order valence-electron chi connectivity index (χ4n) is 2.08. The molecule has 2 rings (SSSR count). The SMILES string of the molecule is CCCCCc1cccc2ccccc12.S. The third-order valence-electron chi connectivity index (χ3n) is 2.93. The van der Waals surface area contributed by atoms with Crippen molar-refractivity contribution in [1.29, 1.82) is 0 Å². The molecule has 86 valence electrons. The summed E-state index contributed by atoms with van der Waals surface area (Å²) in [5.74, 6) is 0. The van der Waals surface area contributed by atoms with Crippen LogP contribution in [-0.4, -0.2) is 0 Å². The number of rotatable bonds is 4. The molecule has 0 heterocycles. The number of hydrogen-bond donors (Lipinski definition) is 0. The summed E-state index contributed by atoms with van der Waals surface area (Å²) in [4.78, 5) is 0. The summed E-state index contributed by atoms with van der Waals surface area (Å²) in [6, 6.07) is 15.3. The Kier molecular flexibility index (Phi) is 5.41. The smallest absolute Gasteiger partial charge is 0.0152 e. The lowest BCUT2D eigenvalue weighted by molar-refractivity contribution is 0.719. The van der Waals surface area contributed by atoms with Gasteiger partial charge in [-0.25, -0.2) is 0 Å². The average molecular weight is 232 g/mol. The van der Waals surface area contributed by atoms with Gasteiger partial charge in [-0.05, 0) is 29.2 Å². The molecule has 0 spiro atoms. The van der Waals surface area contributed by atoms with E-state index in [1.54, 1.807) is 0 Å². The highest BCUT2D eigenvalue weighted by Gasteiger charge is 1.98. The maximum Gasteiger partial charge on any atom is -0.0152 e. The fraction of sp³-hybridized carbons (Fsp3) is 0.333. The highest BCUT2D eigenvalue weighted by molar-refractivity contribution is 7.59. The van der Waals surface area contributed by atoms with Crippen LogP contribution in [0.25, 0.3) is 10.8 Å². The molecular weight excluding hydrogens is 212 g/mol. The lowest BCUT2D eigenvalue weighted by Gasteiger charge is -2.05. The first-order chi connectivity index (χ1) is 7.42. The predicted octanol–water partition coefficient (Wildman–Crippen LogP) is 4.69. The lowest BCUT2D eigenvalue weighted by Crippen LogP contribution is -1.87. The number of hydrogen-bond acceptors (Lipinski definition) is 0. The van der Waals surface area contributed by atoms with Crippen LogP contribution >= 0.6 is 13.5 Å². The maximum absolute atomic E-state index is 2.26. The summed E-state index contributed by atoms with van der Waals surface area (Å²) in [6.07, 6.45) is 5.16. The Labute approximate surface area is 105 Å². The van der Waals surface area contributed by atoms with Gasteiger partial charge in [0.05, 0.1) is 0 Å². The zero-order valence-corrected chi connectivity index (χ0v) is 10.9. The standard InChI is InChI=1S/C15H18.H2S/c1-2-3-4-8-13-10-7-11-14-9-5-6-12-15(13)14;/h5-7,9-12H,2-4,8H2,1H3;1H2. The van der Waals surface area contributed by atoms with Gasteiger partial charge in [0, 0.05) is 0 Å². The van der Waals surface area contributed by atoms with Crippen LogP contribution in [0.15, 0.2) is 42.5 Å². The molecule has 0 aliphatic heterocycles. The monoisotopic (exact) mass is 232 g/mol. The second-order valence-electron chi connectivity index (χ2n) is 4.10. The van der Waals surface area contributed by atoms with Gasteiger partial charge in [0.15, 0.2) is 0 Å². The molecular formula is C15H20S. The molecule has 0 atom stereocenters. The molecule has 0 radical (unpaired) electrons. The van der Waals surface area contributed by atoms with E-state index in [1.807, 2.05) is 0 Å². The molecule has 16 heavy (non-hydrogen) atoms. The molecule has 2 aromatic rings. The van der Waals surface area contributed by atoms with E-state index in [-0.39, 0.29) is 13.5 Å². The summed E-state index contributed by atoms with van der Waals surface area (Å²) >= 11 is 0. The van der Waals surface area contributed by atoms with Gasteiger partial charge in [0.2, 0.25) is 0 Å². The highest BCUT2D eigenvalue weighted by atomic mass is 32.1. The quantitative estimate of drug-likeness (QED) is 0.671. The van der Waals surface area contributed by atoms with Crippen molar-refractivity contribution < 1.29 is 0 Å². The van der Waals surface area contributed by atoms with Crippen LogP contribution < -0.4 is 0 Å². The van der Waals surface area contributed by atoms with Gasteiger partial charge >= 0.3 is 0 Å². The molecule has 2 aromatic carbocycles. The van der Waals surface area contributed by atoms with Crippen LogP contribution in [-0.2, 0) is 6.42 Å². The second kappa shape index (κ2) is 6.59. The average Bonchev–Trinajstić information content (AvgIpc) is 2.30. The van der Waals surface area contributed by atoms with Crippen molar-refractivity contribution in [3.8, 4) is 0 Å². The Morgan fingerprint density at radius 2 is 1.62 bits per heavy atom. The van der Waals surface area contributed by atoms with Crippen molar-refractivity contribution in [3.05, 3.63) is 48.0 Å². The molecule has 0 amide bonds. The zero-order chi connectivity index (χ0) is 10.5. The Balaban J connectivity index is 0.00000128. The van der Waals surface area contributed by atoms with Crippen LogP contribution in [0.3, 0.4) is 0 Å². The minimum atomic E-state index is 0. The Hall–Kier alpha value is -0.950. The number of unbranched alkanes of at least 4 members (excludes halogenated alkanes) is 2. The van der Waals surface area contributed by atoms with Crippen molar-refractivity contribution in [2.45, 2.75) is 32.6 Å². The number of fused-ring (bicyclic) bond motifs is 1. The highest BCUT2D eigenvalue weighted by Crippen LogP contribution is 2.20. The van der Waals surface area contributed by atoms with Crippen LogP contribution in [0.5, 0.6) is 0 Å². The van der Waals surface area contributed by atoms with Gasteiger partial charge in [0.1, 0.15) is 0 Å². The van der Waals surface area contributed by atoms with Crippen LogP contribution in [0.2, 0.25) is 0 Å². The van der Waals surface area contributed by atoms with Crippen molar-refractivity contribution in [2.75, 3.05) is 0 Å². The first-order valence-corrected chi connectivity index (χ1v) is 5.88. The van der Waals surface area contributed by atoms with Crippen molar-refractivity contribution >= 4 is 24.3 Å². The molecule has 0 saturated carbocycles. The van der Waals surface area contributed by atoms with E-state index < -0.39 is 0 Å². The minimum absolute atomic E-state index is 0. The normalized spacial score (nSPS) is 10.1. The molecule has 0 aliphatic carbocycles. The van der Waals surface area contributed by atoms with Crippen molar-refractivity contribution in [2.24, 2.45) is 0 Å². The maximum atomic E-state index is 2.26. The van der Waals surface area contributed by atoms with Crippen molar-refractivity contribution in [1.82, 2.24) is 0 Å². The summed E-state index contributed by atoms with van der Waals surface area (Å²) in [6.45, 7) is 2.25. The van der Waals surface area contributed by atoms with E-state index in [9.17, 15) is 0 Å². The summed E-state index contributed by atoms with van der Waals surface area (Å²) < 4.78 is 0. The minimum Gasteiger partial charge on any atom is -0.197 e. The fourth-order valence-corrected chi connectivity index (χ4v) is 2.08. The van der Waals surface area contributed by atoms with E-state index in [4.69, 9.17) is 0 Å². The molecule has 0 fully saturated rings. The molecule has 0 aliphatic rings. The van der Waals surface area contributed by atoms with Crippen molar-refractivity contribution in [3.63, 3.8) is 0 Å². The molecule has 0 N–H and O–H groups in total. The van der Waals surface area contributed by atoms with E-state index in [2.05, 4.69) is 49.4 Å². The topological polar surface area (TPSA) is 0 Å². The molecule has 0 saturated heterocycles. The Morgan fingerprint density at radius 3 is 2.44 bits per heavy atom. The number of benzene rings is 2. The second-order valence-corrected chi connectivity index (χ2v) is 4.10. The number of aryl methyl sites for hydroxylation is 1. The zero-order valence-electron chi connectivity index (χ0n) is 9.87. The third-order valence-corrected chi connectivity index (χ3v) is 2.93. The van der Waals surface area contributed by atoms with E-state index in [0.29, 0.717) is 0 Å². The molecule has 1 heteroatoms. The van der Waals surface area contributed by atoms with E-state index >= 15 is 0 Å². The molecule has 0 unspecified atom stereocenters. The lowest BCUT2D eigenvalue weighted by atomic mass is 10.00. The first-order valence-electron chi connectivity index (χ1n) is 5.88.